The van der Waals surface area contributed by atoms with Gasteiger partial charge in [0.1, 0.15) is 5.82 Å². The van der Waals surface area contributed by atoms with E-state index in [1.807, 2.05) is 7.05 Å². The Labute approximate surface area is 120 Å². The summed E-state index contributed by atoms with van der Waals surface area (Å²) >= 11 is 0. The Morgan fingerprint density at radius 3 is 2.45 bits per heavy atom. The van der Waals surface area contributed by atoms with E-state index in [2.05, 4.69) is 32.2 Å². The molecule has 0 saturated heterocycles. The molecule has 0 spiro atoms. The highest BCUT2D eigenvalue weighted by Crippen LogP contribution is 2.26. The third-order valence-electron chi connectivity index (χ3n) is 3.68. The van der Waals surface area contributed by atoms with Gasteiger partial charge >= 0.3 is 0 Å². The second kappa shape index (κ2) is 6.14. The third-order valence-corrected chi connectivity index (χ3v) is 3.68. The van der Waals surface area contributed by atoms with Gasteiger partial charge in [0.15, 0.2) is 0 Å². The van der Waals surface area contributed by atoms with Crippen molar-refractivity contribution in [3.05, 3.63) is 53.0 Å². The number of halogens is 1. The Kier molecular flexibility index (Phi) is 4.50. The number of aromatic nitrogens is 1. The van der Waals surface area contributed by atoms with Crippen LogP contribution in [0.1, 0.15) is 29.7 Å². The first-order valence-corrected chi connectivity index (χ1v) is 6.91. The first-order valence-electron chi connectivity index (χ1n) is 6.91. The zero-order valence-electron chi connectivity index (χ0n) is 12.5. The highest BCUT2D eigenvalue weighted by atomic mass is 19.1. The molecule has 3 heteroatoms. The summed E-state index contributed by atoms with van der Waals surface area (Å²) in [6.07, 6.45) is 0. The standard InChI is InChI=1S/C17H21FN2/c1-11-9-16(12(2)10-19-4)20-17(13(11)3)14-5-7-15(18)8-6-14/h5-9,12,19H,10H2,1-4H3. The number of likely N-dealkylation sites (N-methyl/N-ethyl adjacent to an activating group) is 1. The molecule has 1 heterocycles. The molecular weight excluding hydrogens is 251 g/mol. The lowest BCUT2D eigenvalue weighted by Crippen LogP contribution is -2.16. The van der Waals surface area contributed by atoms with E-state index in [1.165, 1.54) is 17.7 Å². The maximum absolute atomic E-state index is 13.1. The molecule has 0 aliphatic carbocycles. The van der Waals surface area contributed by atoms with Gasteiger partial charge in [-0.15, -0.1) is 0 Å². The lowest BCUT2D eigenvalue weighted by molar-refractivity contribution is 0.628. The number of hydrogen-bond acceptors (Lipinski definition) is 2. The lowest BCUT2D eigenvalue weighted by Gasteiger charge is -2.16. The van der Waals surface area contributed by atoms with Crippen LogP contribution in [-0.4, -0.2) is 18.6 Å². The molecule has 0 radical (unpaired) electrons. The molecule has 106 valence electrons. The van der Waals surface area contributed by atoms with Crippen molar-refractivity contribution < 1.29 is 4.39 Å². The summed E-state index contributed by atoms with van der Waals surface area (Å²) in [5.41, 5.74) is 5.35. The quantitative estimate of drug-likeness (QED) is 0.915. The molecule has 1 N–H and O–H groups in total. The second-order valence-electron chi connectivity index (χ2n) is 5.30. The Morgan fingerprint density at radius 2 is 1.85 bits per heavy atom. The van der Waals surface area contributed by atoms with Crippen LogP contribution in [0.3, 0.4) is 0 Å². The summed E-state index contributed by atoms with van der Waals surface area (Å²) in [6, 6.07) is 8.68. The normalized spacial score (nSPS) is 12.4. The van der Waals surface area contributed by atoms with Crippen LogP contribution in [0, 0.1) is 19.7 Å². The van der Waals surface area contributed by atoms with Crippen LogP contribution in [0.5, 0.6) is 0 Å². The maximum Gasteiger partial charge on any atom is 0.123 e. The Hall–Kier alpha value is -1.74. The molecule has 1 unspecified atom stereocenters. The molecule has 0 amide bonds. The fourth-order valence-corrected chi connectivity index (χ4v) is 2.31. The van der Waals surface area contributed by atoms with E-state index in [0.29, 0.717) is 5.92 Å². The van der Waals surface area contributed by atoms with E-state index in [1.54, 1.807) is 12.1 Å². The van der Waals surface area contributed by atoms with Gasteiger partial charge in [0.25, 0.3) is 0 Å². The zero-order valence-corrected chi connectivity index (χ0v) is 12.5. The highest BCUT2D eigenvalue weighted by molar-refractivity contribution is 5.64. The summed E-state index contributed by atoms with van der Waals surface area (Å²) < 4.78 is 13.1. The minimum absolute atomic E-state index is 0.220. The number of nitrogens with one attached hydrogen (secondary N) is 1. The first-order chi connectivity index (χ1) is 9.52. The molecule has 2 aromatic rings. The molecule has 0 aliphatic rings. The maximum atomic E-state index is 13.1. The topological polar surface area (TPSA) is 24.9 Å². The Bertz CT molecular complexity index is 591. The second-order valence-corrected chi connectivity index (χ2v) is 5.30. The number of nitrogens with zero attached hydrogens (tertiary/aromatic N) is 1. The van der Waals surface area contributed by atoms with Crippen molar-refractivity contribution in [2.24, 2.45) is 0 Å². The van der Waals surface area contributed by atoms with E-state index in [0.717, 1.165) is 29.1 Å². The van der Waals surface area contributed by atoms with Gasteiger partial charge in [-0.25, -0.2) is 4.39 Å². The third kappa shape index (κ3) is 3.05. The minimum atomic E-state index is -0.220. The predicted octanol–water partition coefficient (Wildman–Crippen LogP) is 3.83. The van der Waals surface area contributed by atoms with Crippen LogP contribution in [0.2, 0.25) is 0 Å². The number of rotatable bonds is 4. The van der Waals surface area contributed by atoms with E-state index < -0.39 is 0 Å². The van der Waals surface area contributed by atoms with E-state index in [4.69, 9.17) is 4.98 Å². The van der Waals surface area contributed by atoms with Gasteiger partial charge in [-0.2, -0.15) is 0 Å². The van der Waals surface area contributed by atoms with Crippen LogP contribution < -0.4 is 5.32 Å². The van der Waals surface area contributed by atoms with Crippen molar-refractivity contribution >= 4 is 0 Å². The van der Waals surface area contributed by atoms with E-state index >= 15 is 0 Å². The van der Waals surface area contributed by atoms with Gasteiger partial charge in [0.2, 0.25) is 0 Å². The van der Waals surface area contributed by atoms with Crippen molar-refractivity contribution in [2.45, 2.75) is 26.7 Å². The molecule has 2 rings (SSSR count). The summed E-state index contributed by atoms with van der Waals surface area (Å²) in [5.74, 6) is 0.126. The van der Waals surface area contributed by atoms with Crippen molar-refractivity contribution in [3.63, 3.8) is 0 Å². The molecule has 1 aromatic heterocycles. The molecule has 1 atom stereocenters. The van der Waals surface area contributed by atoms with E-state index in [-0.39, 0.29) is 5.82 Å². The summed E-state index contributed by atoms with van der Waals surface area (Å²) in [6.45, 7) is 7.20. The molecule has 20 heavy (non-hydrogen) atoms. The van der Waals surface area contributed by atoms with Crippen molar-refractivity contribution in [3.8, 4) is 11.3 Å². The van der Waals surface area contributed by atoms with Crippen LogP contribution in [0.15, 0.2) is 30.3 Å². The van der Waals surface area contributed by atoms with Crippen LogP contribution in [0.25, 0.3) is 11.3 Å². The van der Waals surface area contributed by atoms with E-state index in [9.17, 15) is 4.39 Å². The summed E-state index contributed by atoms with van der Waals surface area (Å²) in [5, 5.41) is 3.18. The van der Waals surface area contributed by atoms with Crippen molar-refractivity contribution in [1.82, 2.24) is 10.3 Å². The molecule has 2 nitrogen and oxygen atoms in total. The molecule has 1 aromatic carbocycles. The van der Waals surface area contributed by atoms with Crippen LogP contribution in [-0.2, 0) is 0 Å². The van der Waals surface area contributed by atoms with Gasteiger partial charge in [0, 0.05) is 23.7 Å². The lowest BCUT2D eigenvalue weighted by atomic mass is 9.98. The molecule has 0 bridgehead atoms. The van der Waals surface area contributed by atoms with Gasteiger partial charge in [0.05, 0.1) is 5.69 Å². The largest absolute Gasteiger partial charge is 0.319 e. The number of aryl methyl sites for hydroxylation is 1. The fraction of sp³-hybridized carbons (Fsp3) is 0.353. The molecule has 0 saturated carbocycles. The van der Waals surface area contributed by atoms with Gasteiger partial charge in [-0.3, -0.25) is 4.98 Å². The average molecular weight is 272 g/mol. The minimum Gasteiger partial charge on any atom is -0.319 e. The molecule has 0 aliphatic heterocycles. The Balaban J connectivity index is 2.49. The summed E-state index contributed by atoms with van der Waals surface area (Å²) in [4.78, 5) is 4.79. The first kappa shape index (κ1) is 14.7. The van der Waals surface area contributed by atoms with Gasteiger partial charge in [-0.1, -0.05) is 6.92 Å². The highest BCUT2D eigenvalue weighted by Gasteiger charge is 2.12. The van der Waals surface area contributed by atoms with Crippen LogP contribution >= 0.6 is 0 Å². The number of hydrogen-bond donors (Lipinski definition) is 1. The predicted molar refractivity (Wildman–Crippen MR) is 81.4 cm³/mol. The number of pyridine rings is 1. The van der Waals surface area contributed by atoms with Gasteiger partial charge in [-0.05, 0) is 62.4 Å². The molecule has 0 fully saturated rings. The smallest absolute Gasteiger partial charge is 0.123 e. The van der Waals surface area contributed by atoms with Gasteiger partial charge < -0.3 is 5.32 Å². The monoisotopic (exact) mass is 272 g/mol. The van der Waals surface area contributed by atoms with Crippen LogP contribution in [0.4, 0.5) is 4.39 Å². The SMILES string of the molecule is CNCC(C)c1cc(C)c(C)c(-c2ccc(F)cc2)n1. The Morgan fingerprint density at radius 1 is 1.20 bits per heavy atom. The average Bonchev–Trinajstić information content (AvgIpc) is 2.43. The fourth-order valence-electron chi connectivity index (χ4n) is 2.31. The molecular formula is C17H21FN2. The van der Waals surface area contributed by atoms with Crippen molar-refractivity contribution in [2.75, 3.05) is 13.6 Å². The van der Waals surface area contributed by atoms with Crippen molar-refractivity contribution in [1.29, 1.82) is 0 Å². The number of benzene rings is 1. The zero-order chi connectivity index (χ0) is 14.7. The summed E-state index contributed by atoms with van der Waals surface area (Å²) in [7, 11) is 1.94.